The zero-order valence-corrected chi connectivity index (χ0v) is 21.0. The van der Waals surface area contributed by atoms with Crippen LogP contribution in [0.3, 0.4) is 0 Å². The Bertz CT molecular complexity index is 1630. The molecule has 192 valence electrons. The molecule has 4 aromatic heterocycles. The van der Waals surface area contributed by atoms with Crippen molar-refractivity contribution >= 4 is 11.6 Å². The van der Waals surface area contributed by atoms with Gasteiger partial charge < -0.3 is 9.84 Å². The van der Waals surface area contributed by atoms with Gasteiger partial charge in [-0.2, -0.15) is 0 Å². The van der Waals surface area contributed by atoms with E-state index in [0.717, 1.165) is 6.20 Å². The minimum Gasteiger partial charge on any atom is -0.485 e. The van der Waals surface area contributed by atoms with E-state index < -0.39 is 28.4 Å². The summed E-state index contributed by atoms with van der Waals surface area (Å²) in [4.78, 5) is 38.2. The maximum absolute atomic E-state index is 13.9. The summed E-state index contributed by atoms with van der Waals surface area (Å²) < 4.78 is 35.1. The van der Waals surface area contributed by atoms with Crippen molar-refractivity contribution in [2.24, 2.45) is 0 Å². The number of hydrogen-bond donors (Lipinski definition) is 1. The molecule has 0 atom stereocenters. The Morgan fingerprint density at radius 3 is 2.46 bits per heavy atom. The van der Waals surface area contributed by atoms with Crippen LogP contribution in [0.1, 0.15) is 36.5 Å². The molecule has 4 rings (SSSR count). The van der Waals surface area contributed by atoms with Gasteiger partial charge in [0.2, 0.25) is 0 Å². The van der Waals surface area contributed by atoms with Gasteiger partial charge in [-0.1, -0.05) is 11.6 Å². The average molecular weight is 530 g/mol. The summed E-state index contributed by atoms with van der Waals surface area (Å²) in [5.74, 6) is -1.52. The fourth-order valence-corrected chi connectivity index (χ4v) is 3.86. The molecule has 0 radical (unpaired) electrons. The Morgan fingerprint density at radius 2 is 1.78 bits per heavy atom. The van der Waals surface area contributed by atoms with Crippen LogP contribution in [0.5, 0.6) is 5.75 Å². The van der Waals surface area contributed by atoms with E-state index in [1.54, 1.807) is 13.8 Å². The fraction of sp³-hybridized carbons (Fsp3) is 0.240. The Hall–Kier alpha value is -3.96. The molecule has 0 unspecified atom stereocenters. The summed E-state index contributed by atoms with van der Waals surface area (Å²) in [6.45, 7) is 5.90. The van der Waals surface area contributed by atoms with E-state index in [1.807, 2.05) is 0 Å². The highest BCUT2D eigenvalue weighted by atomic mass is 35.5. The summed E-state index contributed by atoms with van der Waals surface area (Å²) in [6, 6.07) is 3.71. The van der Waals surface area contributed by atoms with E-state index in [4.69, 9.17) is 16.3 Å². The number of nitrogens with zero attached hydrogens (tertiary/aromatic N) is 5. The van der Waals surface area contributed by atoms with Gasteiger partial charge in [-0.25, -0.2) is 13.8 Å². The van der Waals surface area contributed by atoms with Crippen molar-refractivity contribution in [1.82, 2.24) is 24.1 Å². The van der Waals surface area contributed by atoms with Gasteiger partial charge in [-0.15, -0.1) is 0 Å². The number of ether oxygens (including phenoxy) is 1. The molecule has 0 saturated heterocycles. The van der Waals surface area contributed by atoms with Crippen molar-refractivity contribution in [3.8, 4) is 17.3 Å². The first-order chi connectivity index (χ1) is 17.4. The number of pyridine rings is 3. The Morgan fingerprint density at radius 1 is 1.05 bits per heavy atom. The molecule has 12 heteroatoms. The number of aliphatic hydroxyl groups is 1. The normalized spacial score (nSPS) is 11.6. The van der Waals surface area contributed by atoms with E-state index in [0.29, 0.717) is 23.0 Å². The van der Waals surface area contributed by atoms with Gasteiger partial charge in [0.05, 0.1) is 11.9 Å². The Kier molecular flexibility index (Phi) is 6.94. The second-order valence-corrected chi connectivity index (χ2v) is 9.19. The van der Waals surface area contributed by atoms with E-state index in [-0.39, 0.29) is 34.6 Å². The molecule has 0 aliphatic rings. The molecule has 1 N–H and O–H groups in total. The standard InChI is InChI=1S/C25H22ClF2N5O4/c1-13-10-31-20(32-6-5-29-22(24(32)35)25(3,4)36)9-18(13)33-14(2)7-19(21(26)23(33)34)37-12-17-16(28)8-15(27)11-30-17/h5-11,36H,12H2,1-4H3. The average Bonchev–Trinajstić information content (AvgIpc) is 2.82. The molecule has 0 fully saturated rings. The van der Waals surface area contributed by atoms with E-state index in [9.17, 15) is 23.5 Å². The fourth-order valence-electron chi connectivity index (χ4n) is 3.67. The van der Waals surface area contributed by atoms with Crippen molar-refractivity contribution in [3.05, 3.63) is 103 Å². The first kappa shape index (κ1) is 26.1. The van der Waals surface area contributed by atoms with Gasteiger partial charge in [0.1, 0.15) is 46.0 Å². The topological polar surface area (TPSA) is 112 Å². The van der Waals surface area contributed by atoms with E-state index in [2.05, 4.69) is 15.0 Å². The van der Waals surface area contributed by atoms with Crippen LogP contribution in [0.15, 0.2) is 52.6 Å². The third-order valence-electron chi connectivity index (χ3n) is 5.52. The highest BCUT2D eigenvalue weighted by Crippen LogP contribution is 2.26. The van der Waals surface area contributed by atoms with Crippen LogP contribution in [0.4, 0.5) is 8.78 Å². The summed E-state index contributed by atoms with van der Waals surface area (Å²) in [7, 11) is 0. The molecule has 4 aromatic rings. The van der Waals surface area contributed by atoms with Crippen LogP contribution in [-0.4, -0.2) is 29.2 Å². The molecule has 4 heterocycles. The van der Waals surface area contributed by atoms with Crippen LogP contribution in [-0.2, 0) is 12.2 Å². The Labute approximate surface area is 214 Å². The number of halogens is 3. The van der Waals surface area contributed by atoms with E-state index in [1.165, 1.54) is 53.7 Å². The number of aryl methyl sites for hydroxylation is 2. The van der Waals surface area contributed by atoms with Gasteiger partial charge in [-0.3, -0.25) is 28.7 Å². The summed E-state index contributed by atoms with van der Waals surface area (Å²) in [5, 5.41) is 10.0. The second-order valence-electron chi connectivity index (χ2n) is 8.81. The maximum Gasteiger partial charge on any atom is 0.280 e. The van der Waals surface area contributed by atoms with Crippen molar-refractivity contribution < 1.29 is 18.6 Å². The Balaban J connectivity index is 1.76. The molecule has 0 aliphatic carbocycles. The lowest BCUT2D eigenvalue weighted by Crippen LogP contribution is -2.33. The molecule has 37 heavy (non-hydrogen) atoms. The molecule has 0 spiro atoms. The predicted molar refractivity (Wildman–Crippen MR) is 131 cm³/mol. The summed E-state index contributed by atoms with van der Waals surface area (Å²) in [6.07, 6.45) is 5.12. The molecule has 0 aromatic carbocycles. The van der Waals surface area contributed by atoms with Crippen LogP contribution < -0.4 is 15.9 Å². The molecular weight excluding hydrogens is 508 g/mol. The lowest BCUT2D eigenvalue weighted by atomic mass is 10.1. The van der Waals surface area contributed by atoms with Crippen LogP contribution in [0, 0.1) is 25.5 Å². The zero-order valence-electron chi connectivity index (χ0n) is 20.3. The van der Waals surface area contributed by atoms with Crippen molar-refractivity contribution in [2.75, 3.05) is 0 Å². The molecule has 0 saturated carbocycles. The predicted octanol–water partition coefficient (Wildman–Crippen LogP) is 3.53. The molecule has 0 amide bonds. The minimum absolute atomic E-state index is 0.00181. The second kappa shape index (κ2) is 9.83. The van der Waals surface area contributed by atoms with E-state index >= 15 is 0 Å². The lowest BCUT2D eigenvalue weighted by Gasteiger charge is -2.18. The van der Waals surface area contributed by atoms with Crippen molar-refractivity contribution in [1.29, 1.82) is 0 Å². The SMILES string of the molecule is Cc1cnc(-n2ccnc(C(C)(C)O)c2=O)cc1-n1c(C)cc(OCc2ncc(F)cc2F)c(Cl)c1=O. The summed E-state index contributed by atoms with van der Waals surface area (Å²) in [5.41, 5.74) is -1.44. The first-order valence-electron chi connectivity index (χ1n) is 11.0. The van der Waals surface area contributed by atoms with Crippen molar-refractivity contribution in [2.45, 2.75) is 39.9 Å². The molecule has 0 aliphatic heterocycles. The highest BCUT2D eigenvalue weighted by Gasteiger charge is 2.24. The lowest BCUT2D eigenvalue weighted by molar-refractivity contribution is 0.0718. The third kappa shape index (κ3) is 5.13. The first-order valence-corrected chi connectivity index (χ1v) is 11.4. The molecule has 9 nitrogen and oxygen atoms in total. The van der Waals surface area contributed by atoms with Crippen molar-refractivity contribution in [3.63, 3.8) is 0 Å². The van der Waals surface area contributed by atoms with Gasteiger partial charge in [0.25, 0.3) is 11.1 Å². The van der Waals surface area contributed by atoms with Crippen LogP contribution in [0.25, 0.3) is 11.5 Å². The summed E-state index contributed by atoms with van der Waals surface area (Å²) >= 11 is 6.32. The smallest absolute Gasteiger partial charge is 0.280 e. The third-order valence-corrected chi connectivity index (χ3v) is 5.86. The van der Waals surface area contributed by atoms with Gasteiger partial charge >= 0.3 is 0 Å². The monoisotopic (exact) mass is 529 g/mol. The number of hydrogen-bond acceptors (Lipinski definition) is 7. The highest BCUT2D eigenvalue weighted by molar-refractivity contribution is 6.31. The molecule has 0 bridgehead atoms. The minimum atomic E-state index is -1.48. The van der Waals surface area contributed by atoms with Gasteiger partial charge in [0, 0.05) is 42.5 Å². The number of rotatable bonds is 6. The van der Waals surface area contributed by atoms with Gasteiger partial charge in [-0.05, 0) is 33.3 Å². The largest absolute Gasteiger partial charge is 0.485 e. The molecular formula is C25H22ClF2N5O4. The van der Waals surface area contributed by atoms with Crippen LogP contribution in [0.2, 0.25) is 5.02 Å². The number of aromatic nitrogens is 5. The van der Waals surface area contributed by atoms with Gasteiger partial charge in [0.15, 0.2) is 5.82 Å². The quantitative estimate of drug-likeness (QED) is 0.406. The zero-order chi connectivity index (χ0) is 27.1. The van der Waals surface area contributed by atoms with Crippen LogP contribution >= 0.6 is 11.6 Å². The maximum atomic E-state index is 13.9.